The first-order chi connectivity index (χ1) is 14.2. The van der Waals surface area contributed by atoms with Gasteiger partial charge in [0.2, 0.25) is 0 Å². The van der Waals surface area contributed by atoms with Gasteiger partial charge in [-0.25, -0.2) is 0 Å². The van der Waals surface area contributed by atoms with Crippen LogP contribution >= 0.6 is 24.0 Å². The van der Waals surface area contributed by atoms with E-state index < -0.39 is 0 Å². The van der Waals surface area contributed by atoms with E-state index in [0.717, 1.165) is 62.0 Å². The number of nitrogens with zero attached hydrogens (tertiary/aromatic N) is 2. The third-order valence-electron chi connectivity index (χ3n) is 5.31. The van der Waals surface area contributed by atoms with E-state index in [9.17, 15) is 0 Å². The molecule has 0 bridgehead atoms. The highest BCUT2D eigenvalue weighted by Gasteiger charge is 2.21. The van der Waals surface area contributed by atoms with Crippen molar-refractivity contribution in [2.75, 3.05) is 45.8 Å². The second kappa shape index (κ2) is 12.5. The molecular formula is C23H33IN4O2. The van der Waals surface area contributed by atoms with E-state index >= 15 is 0 Å². The summed E-state index contributed by atoms with van der Waals surface area (Å²) in [7, 11) is 5.20. The first-order valence-corrected chi connectivity index (χ1v) is 10.2. The Balaban J connectivity index is 0.00000320. The number of rotatable bonds is 7. The molecular weight excluding hydrogens is 491 g/mol. The Morgan fingerprint density at radius 2 is 1.67 bits per heavy atom. The number of benzene rings is 2. The van der Waals surface area contributed by atoms with Crippen LogP contribution in [0, 0.1) is 0 Å². The molecule has 1 fully saturated rings. The predicted molar refractivity (Wildman–Crippen MR) is 135 cm³/mol. The number of methoxy groups -OCH3 is 2. The zero-order valence-electron chi connectivity index (χ0n) is 18.1. The fourth-order valence-corrected chi connectivity index (χ4v) is 3.61. The number of piperidine rings is 1. The van der Waals surface area contributed by atoms with E-state index in [0.29, 0.717) is 6.04 Å². The molecule has 3 rings (SSSR count). The molecule has 2 N–H and O–H groups in total. The smallest absolute Gasteiger partial charge is 0.191 e. The monoisotopic (exact) mass is 524 g/mol. The van der Waals surface area contributed by atoms with Crippen LogP contribution in [0.3, 0.4) is 0 Å². The Kier molecular flexibility index (Phi) is 10.1. The molecule has 0 spiro atoms. The number of guanidine groups is 1. The van der Waals surface area contributed by atoms with Crippen LogP contribution in [0.15, 0.2) is 53.5 Å². The molecule has 0 radical (unpaired) electrons. The summed E-state index contributed by atoms with van der Waals surface area (Å²) in [4.78, 5) is 6.77. The van der Waals surface area contributed by atoms with Gasteiger partial charge in [-0.1, -0.05) is 30.3 Å². The van der Waals surface area contributed by atoms with Gasteiger partial charge >= 0.3 is 0 Å². The topological polar surface area (TPSA) is 58.1 Å². The van der Waals surface area contributed by atoms with Crippen LogP contribution in [-0.4, -0.2) is 52.9 Å². The SMILES string of the molecule is CN=C(NCCc1ccccc1)NC1CCN(c2cc(OC)cc(OC)c2)CC1.I. The normalized spacial score (nSPS) is 14.6. The number of hydrogen-bond donors (Lipinski definition) is 2. The molecule has 7 heteroatoms. The number of halogens is 1. The largest absolute Gasteiger partial charge is 0.497 e. The van der Waals surface area contributed by atoms with E-state index in [1.54, 1.807) is 14.2 Å². The third kappa shape index (κ3) is 6.97. The van der Waals surface area contributed by atoms with Crippen LogP contribution in [0.25, 0.3) is 0 Å². The summed E-state index contributed by atoms with van der Waals surface area (Å²) in [5, 5.41) is 7.00. The van der Waals surface area contributed by atoms with Crippen molar-refractivity contribution >= 4 is 35.6 Å². The van der Waals surface area contributed by atoms with E-state index in [1.807, 2.05) is 19.2 Å². The highest BCUT2D eigenvalue weighted by Crippen LogP contribution is 2.30. The Hall–Kier alpha value is -2.16. The summed E-state index contributed by atoms with van der Waals surface area (Å²) in [6, 6.07) is 17.0. The highest BCUT2D eigenvalue weighted by atomic mass is 127. The average Bonchev–Trinajstić information content (AvgIpc) is 2.79. The van der Waals surface area contributed by atoms with Gasteiger partial charge in [0.25, 0.3) is 0 Å². The summed E-state index contributed by atoms with van der Waals surface area (Å²) in [5.41, 5.74) is 2.47. The molecule has 0 atom stereocenters. The highest BCUT2D eigenvalue weighted by molar-refractivity contribution is 14.0. The van der Waals surface area contributed by atoms with Crippen molar-refractivity contribution in [3.8, 4) is 11.5 Å². The van der Waals surface area contributed by atoms with Crippen LogP contribution in [0.4, 0.5) is 5.69 Å². The van der Waals surface area contributed by atoms with Crippen molar-refractivity contribution in [3.05, 3.63) is 54.1 Å². The molecule has 2 aromatic rings. The van der Waals surface area contributed by atoms with Crippen LogP contribution in [0.1, 0.15) is 18.4 Å². The van der Waals surface area contributed by atoms with E-state index in [1.165, 1.54) is 5.56 Å². The van der Waals surface area contributed by atoms with Crippen molar-refractivity contribution in [1.29, 1.82) is 0 Å². The molecule has 0 amide bonds. The van der Waals surface area contributed by atoms with Gasteiger partial charge in [-0.15, -0.1) is 24.0 Å². The molecule has 0 unspecified atom stereocenters. The second-order valence-corrected chi connectivity index (χ2v) is 7.21. The van der Waals surface area contributed by atoms with E-state index in [2.05, 4.69) is 56.9 Å². The Morgan fingerprint density at radius 1 is 1.03 bits per heavy atom. The molecule has 1 saturated heterocycles. The maximum Gasteiger partial charge on any atom is 0.191 e. The molecule has 1 aliphatic rings. The van der Waals surface area contributed by atoms with E-state index in [-0.39, 0.29) is 24.0 Å². The van der Waals surface area contributed by atoms with Crippen molar-refractivity contribution in [2.45, 2.75) is 25.3 Å². The van der Waals surface area contributed by atoms with Crippen LogP contribution < -0.4 is 25.0 Å². The molecule has 2 aromatic carbocycles. The zero-order valence-corrected chi connectivity index (χ0v) is 20.4. The number of aliphatic imine (C=N–C) groups is 1. The molecule has 1 aliphatic heterocycles. The van der Waals surface area contributed by atoms with Gasteiger partial charge in [0, 0.05) is 56.6 Å². The summed E-state index contributed by atoms with van der Waals surface area (Å²) in [6.45, 7) is 2.83. The van der Waals surface area contributed by atoms with Crippen LogP contribution in [-0.2, 0) is 6.42 Å². The van der Waals surface area contributed by atoms with Gasteiger partial charge < -0.3 is 25.0 Å². The summed E-state index contributed by atoms with van der Waals surface area (Å²) in [5.74, 6) is 2.52. The summed E-state index contributed by atoms with van der Waals surface area (Å²) < 4.78 is 10.8. The van der Waals surface area contributed by atoms with Gasteiger partial charge in [0.15, 0.2) is 5.96 Å². The maximum absolute atomic E-state index is 5.40. The Bertz CT molecular complexity index is 771. The van der Waals surface area contributed by atoms with Gasteiger partial charge in [-0.05, 0) is 24.8 Å². The van der Waals surface area contributed by atoms with Gasteiger partial charge in [0.1, 0.15) is 11.5 Å². The lowest BCUT2D eigenvalue weighted by molar-refractivity contribution is 0.393. The minimum absolute atomic E-state index is 0. The Morgan fingerprint density at radius 3 is 2.23 bits per heavy atom. The molecule has 1 heterocycles. The zero-order chi connectivity index (χ0) is 20.5. The molecule has 164 valence electrons. The average molecular weight is 524 g/mol. The fraction of sp³-hybridized carbons (Fsp3) is 0.435. The van der Waals surface area contributed by atoms with Gasteiger partial charge in [-0.2, -0.15) is 0 Å². The second-order valence-electron chi connectivity index (χ2n) is 7.21. The van der Waals surface area contributed by atoms with Crippen molar-refractivity contribution < 1.29 is 9.47 Å². The number of anilines is 1. The van der Waals surface area contributed by atoms with Crippen LogP contribution in [0.2, 0.25) is 0 Å². The third-order valence-corrected chi connectivity index (χ3v) is 5.31. The number of nitrogens with one attached hydrogen (secondary N) is 2. The maximum atomic E-state index is 5.40. The van der Waals surface area contributed by atoms with Gasteiger partial charge in [-0.3, -0.25) is 4.99 Å². The lowest BCUT2D eigenvalue weighted by Crippen LogP contribution is -2.49. The standard InChI is InChI=1S/C23H32N4O2.HI/c1-24-23(25-12-9-18-7-5-4-6-8-18)26-19-10-13-27(14-11-19)20-15-21(28-2)17-22(16-20)29-3;/h4-8,15-17,19H,9-14H2,1-3H3,(H2,24,25,26);1H. The Labute approximate surface area is 197 Å². The van der Waals surface area contributed by atoms with Gasteiger partial charge in [0.05, 0.1) is 14.2 Å². The van der Waals surface area contributed by atoms with Crippen molar-refractivity contribution in [1.82, 2.24) is 10.6 Å². The van der Waals surface area contributed by atoms with E-state index in [4.69, 9.17) is 9.47 Å². The summed E-state index contributed by atoms with van der Waals surface area (Å²) in [6.07, 6.45) is 3.09. The fourth-order valence-electron chi connectivity index (χ4n) is 3.61. The molecule has 30 heavy (non-hydrogen) atoms. The lowest BCUT2D eigenvalue weighted by atomic mass is 10.0. The first-order valence-electron chi connectivity index (χ1n) is 10.2. The molecule has 0 aromatic heterocycles. The number of ether oxygens (including phenoxy) is 2. The van der Waals surface area contributed by atoms with Crippen molar-refractivity contribution in [3.63, 3.8) is 0 Å². The minimum atomic E-state index is 0. The lowest BCUT2D eigenvalue weighted by Gasteiger charge is -2.34. The van der Waals surface area contributed by atoms with Crippen LogP contribution in [0.5, 0.6) is 11.5 Å². The first kappa shape index (κ1) is 24.1. The molecule has 0 aliphatic carbocycles. The van der Waals surface area contributed by atoms with Crippen molar-refractivity contribution in [2.24, 2.45) is 4.99 Å². The predicted octanol–water partition coefficient (Wildman–Crippen LogP) is 3.70. The molecule has 6 nitrogen and oxygen atoms in total. The quantitative estimate of drug-likeness (QED) is 0.329. The minimum Gasteiger partial charge on any atom is -0.497 e. The summed E-state index contributed by atoms with van der Waals surface area (Å²) >= 11 is 0. The molecule has 0 saturated carbocycles. The number of hydrogen-bond acceptors (Lipinski definition) is 4.